The van der Waals surface area contributed by atoms with E-state index < -0.39 is 21.9 Å². The van der Waals surface area contributed by atoms with Gasteiger partial charge in [-0.15, -0.1) is 0 Å². The molecular weight excluding hydrogens is 407 g/mol. The van der Waals surface area contributed by atoms with E-state index in [1.165, 1.54) is 18.4 Å². The zero-order chi connectivity index (χ0) is 20.7. The number of hydrazone groups is 1. The highest BCUT2D eigenvalue weighted by atomic mass is 32.2. The van der Waals surface area contributed by atoms with Crippen molar-refractivity contribution in [1.82, 2.24) is 14.4 Å². The fourth-order valence-electron chi connectivity index (χ4n) is 3.45. The number of hydrogen-bond acceptors (Lipinski definition) is 6. The van der Waals surface area contributed by atoms with Crippen LogP contribution in [0.3, 0.4) is 0 Å². The predicted molar refractivity (Wildman–Crippen MR) is 108 cm³/mol. The Balaban J connectivity index is 1.62. The van der Waals surface area contributed by atoms with Crippen LogP contribution in [0.5, 0.6) is 0 Å². The maximum Gasteiger partial charge on any atom is 0.279 e. The van der Waals surface area contributed by atoms with Gasteiger partial charge in [0.25, 0.3) is 10.0 Å². The number of sulfonamides is 1. The maximum atomic E-state index is 13.3. The van der Waals surface area contributed by atoms with Gasteiger partial charge in [-0.05, 0) is 54.1 Å². The second-order valence-electron chi connectivity index (χ2n) is 6.78. The summed E-state index contributed by atoms with van der Waals surface area (Å²) in [5.41, 5.74) is 2.59. The van der Waals surface area contributed by atoms with Crippen molar-refractivity contribution in [3.63, 3.8) is 0 Å². The third-order valence-corrected chi connectivity index (χ3v) is 6.61. The minimum Gasteiger partial charge on any atom is -0.463 e. The van der Waals surface area contributed by atoms with Crippen LogP contribution in [0.2, 0.25) is 0 Å². The fourth-order valence-corrected chi connectivity index (χ4v) is 4.89. The number of hydrogen-bond donors (Lipinski definition) is 0. The third kappa shape index (κ3) is 3.13. The number of rotatable bonds is 4. The van der Waals surface area contributed by atoms with Crippen LogP contribution in [0.15, 0.2) is 87.7 Å². The highest BCUT2D eigenvalue weighted by Crippen LogP contribution is 2.37. The number of fused-ring (bicyclic) bond motifs is 1. The van der Waals surface area contributed by atoms with E-state index in [2.05, 4.69) is 15.1 Å². The molecule has 30 heavy (non-hydrogen) atoms. The molecule has 1 aliphatic rings. The summed E-state index contributed by atoms with van der Waals surface area (Å²) in [5.74, 6) is -0.0165. The van der Waals surface area contributed by atoms with E-state index in [1.54, 1.807) is 36.7 Å². The van der Waals surface area contributed by atoms with Gasteiger partial charge in [-0.2, -0.15) is 17.9 Å². The van der Waals surface area contributed by atoms with Gasteiger partial charge >= 0.3 is 0 Å². The predicted octanol–water partition coefficient (Wildman–Crippen LogP) is 3.90. The van der Waals surface area contributed by atoms with Gasteiger partial charge in [-0.3, -0.25) is 9.97 Å². The monoisotopic (exact) mass is 422 g/mol. The zero-order valence-corrected chi connectivity index (χ0v) is 16.3. The second kappa shape index (κ2) is 7.03. The van der Waals surface area contributed by atoms with Gasteiger partial charge in [0.15, 0.2) is 0 Å². The lowest BCUT2D eigenvalue weighted by molar-refractivity contribution is 0.371. The molecule has 2 aromatic carbocycles. The first-order valence-electron chi connectivity index (χ1n) is 9.14. The van der Waals surface area contributed by atoms with Crippen LogP contribution in [0.4, 0.5) is 4.39 Å². The first-order chi connectivity index (χ1) is 14.5. The Kier molecular flexibility index (Phi) is 4.32. The van der Waals surface area contributed by atoms with Crippen LogP contribution in [0.25, 0.3) is 11.0 Å². The van der Waals surface area contributed by atoms with Gasteiger partial charge in [0, 0.05) is 18.8 Å². The molecule has 0 saturated carbocycles. The molecule has 0 bridgehead atoms. The van der Waals surface area contributed by atoms with Gasteiger partial charge < -0.3 is 4.42 Å². The fraction of sp³-hybridized carbons (Fsp3) is 0.0952. The molecule has 150 valence electrons. The Morgan fingerprint density at radius 2 is 1.77 bits per heavy atom. The minimum absolute atomic E-state index is 0.0427. The highest BCUT2D eigenvalue weighted by Gasteiger charge is 2.38. The molecule has 2 aromatic heterocycles. The summed E-state index contributed by atoms with van der Waals surface area (Å²) in [7, 11) is -4.03. The smallest absolute Gasteiger partial charge is 0.279 e. The van der Waals surface area contributed by atoms with Gasteiger partial charge in [0.2, 0.25) is 0 Å². The Hall–Kier alpha value is -3.59. The standard InChI is InChI=1S/C21H15FN4O3S/c22-15-4-6-16(7-5-15)30(27,28)26-20(13-19(25-26)21-2-1-11-29-21)14-3-8-17-18(12-14)24-10-9-23-17/h1-12,20H,13H2/t20-/m1/s1. The van der Waals surface area contributed by atoms with Crippen LogP contribution < -0.4 is 0 Å². The minimum atomic E-state index is -4.03. The molecule has 5 rings (SSSR count). The van der Waals surface area contributed by atoms with E-state index in [0.29, 0.717) is 28.9 Å². The van der Waals surface area contributed by atoms with Crippen LogP contribution in [-0.4, -0.2) is 28.5 Å². The summed E-state index contributed by atoms with van der Waals surface area (Å²) < 4.78 is 46.5. The third-order valence-electron chi connectivity index (χ3n) is 4.91. The molecule has 0 aliphatic carbocycles. The van der Waals surface area contributed by atoms with Crippen LogP contribution in [0.1, 0.15) is 23.8 Å². The van der Waals surface area contributed by atoms with E-state index in [9.17, 15) is 12.8 Å². The molecule has 1 aliphatic heterocycles. The zero-order valence-electron chi connectivity index (χ0n) is 15.5. The van der Waals surface area contributed by atoms with Crippen molar-refractivity contribution < 1.29 is 17.2 Å². The molecule has 4 aromatic rings. The molecule has 0 amide bonds. The van der Waals surface area contributed by atoms with Gasteiger partial charge in [0.1, 0.15) is 17.3 Å². The molecule has 7 nitrogen and oxygen atoms in total. The van der Waals surface area contributed by atoms with Crippen molar-refractivity contribution in [2.24, 2.45) is 5.10 Å². The average molecular weight is 422 g/mol. The number of benzene rings is 2. The number of furan rings is 1. The van der Waals surface area contributed by atoms with Crippen molar-refractivity contribution in [3.05, 3.63) is 90.4 Å². The summed E-state index contributed by atoms with van der Waals surface area (Å²) in [5, 5.41) is 4.38. The number of nitrogens with zero attached hydrogens (tertiary/aromatic N) is 4. The lowest BCUT2D eigenvalue weighted by Crippen LogP contribution is -2.27. The van der Waals surface area contributed by atoms with E-state index in [0.717, 1.165) is 22.1 Å². The SMILES string of the molecule is O=S(=O)(c1ccc(F)cc1)N1N=C(c2ccco2)C[C@@H]1c1ccc2nccnc2c1. The van der Waals surface area contributed by atoms with Crippen LogP contribution >= 0.6 is 0 Å². The lowest BCUT2D eigenvalue weighted by atomic mass is 10.0. The van der Waals surface area contributed by atoms with Crippen molar-refractivity contribution in [1.29, 1.82) is 0 Å². The van der Waals surface area contributed by atoms with Gasteiger partial charge in [-0.25, -0.2) is 4.39 Å². The van der Waals surface area contributed by atoms with E-state index >= 15 is 0 Å². The Labute approximate surface area is 171 Å². The molecule has 0 N–H and O–H groups in total. The van der Waals surface area contributed by atoms with Crippen molar-refractivity contribution in [2.75, 3.05) is 0 Å². The molecule has 1 atom stereocenters. The number of halogens is 1. The summed E-state index contributed by atoms with van der Waals surface area (Å²) >= 11 is 0. The first-order valence-corrected chi connectivity index (χ1v) is 10.6. The summed E-state index contributed by atoms with van der Waals surface area (Å²) in [6, 6.07) is 12.9. The second-order valence-corrected chi connectivity index (χ2v) is 8.58. The largest absolute Gasteiger partial charge is 0.463 e. The number of aromatic nitrogens is 2. The molecule has 0 radical (unpaired) electrons. The summed E-state index contributed by atoms with van der Waals surface area (Å²) in [6.07, 6.45) is 5.01. The molecule has 9 heteroatoms. The highest BCUT2D eigenvalue weighted by molar-refractivity contribution is 7.89. The van der Waals surface area contributed by atoms with Crippen molar-refractivity contribution in [2.45, 2.75) is 17.4 Å². The average Bonchev–Trinajstić information content (AvgIpc) is 3.44. The molecule has 0 saturated heterocycles. The molecular formula is C21H15FN4O3S. The van der Waals surface area contributed by atoms with E-state index in [1.807, 2.05) is 6.07 Å². The van der Waals surface area contributed by atoms with Crippen LogP contribution in [0, 0.1) is 5.82 Å². The quantitative estimate of drug-likeness (QED) is 0.498. The van der Waals surface area contributed by atoms with Crippen molar-refractivity contribution >= 4 is 26.8 Å². The topological polar surface area (TPSA) is 88.7 Å². The summed E-state index contributed by atoms with van der Waals surface area (Å²) in [6.45, 7) is 0. The normalized spacial score (nSPS) is 16.8. The molecule has 0 spiro atoms. The van der Waals surface area contributed by atoms with Crippen LogP contribution in [-0.2, 0) is 10.0 Å². The van der Waals surface area contributed by atoms with E-state index in [4.69, 9.17) is 4.42 Å². The Morgan fingerprint density at radius 1 is 1.00 bits per heavy atom. The molecule has 3 heterocycles. The summed E-state index contributed by atoms with van der Waals surface area (Å²) in [4.78, 5) is 8.52. The lowest BCUT2D eigenvalue weighted by Gasteiger charge is -2.23. The van der Waals surface area contributed by atoms with Gasteiger partial charge in [-0.1, -0.05) is 6.07 Å². The van der Waals surface area contributed by atoms with Crippen molar-refractivity contribution in [3.8, 4) is 0 Å². The molecule has 0 unspecified atom stereocenters. The van der Waals surface area contributed by atoms with Gasteiger partial charge in [0.05, 0.1) is 28.2 Å². The Morgan fingerprint density at radius 3 is 2.50 bits per heavy atom. The maximum absolute atomic E-state index is 13.3. The van der Waals surface area contributed by atoms with E-state index in [-0.39, 0.29) is 4.90 Å². The first kappa shape index (κ1) is 18.4. The Bertz CT molecular complexity index is 1350. The molecule has 0 fully saturated rings.